The zero-order valence-corrected chi connectivity index (χ0v) is 12.3. The minimum absolute atomic E-state index is 0.185. The molecule has 3 rings (SSSR count). The summed E-state index contributed by atoms with van der Waals surface area (Å²) in [5.41, 5.74) is 0.779. The molecule has 0 saturated carbocycles. The van der Waals surface area contributed by atoms with Gasteiger partial charge in [-0.25, -0.2) is 4.98 Å². The molecule has 0 N–H and O–H groups in total. The number of anilines is 1. The molecule has 0 aromatic carbocycles. The first-order valence-electron chi connectivity index (χ1n) is 6.84. The van der Waals surface area contributed by atoms with Gasteiger partial charge < -0.3 is 9.26 Å². The number of carbonyl (C=O) groups excluding carboxylic acids is 1. The van der Waals surface area contributed by atoms with Crippen LogP contribution in [0.5, 0.6) is 5.88 Å². The average molecular weight is 287 g/mol. The number of aromatic nitrogens is 2. The molecule has 1 amide bonds. The number of nitrogens with zero attached hydrogens (tertiary/aromatic N) is 3. The lowest BCUT2D eigenvalue weighted by molar-refractivity contribution is 0.0966. The van der Waals surface area contributed by atoms with E-state index in [9.17, 15) is 4.79 Å². The van der Waals surface area contributed by atoms with Gasteiger partial charge in [-0.2, -0.15) is 0 Å². The third kappa shape index (κ3) is 2.49. The molecule has 2 aromatic rings. The highest BCUT2D eigenvalue weighted by molar-refractivity contribution is 6.05. The van der Waals surface area contributed by atoms with Gasteiger partial charge >= 0.3 is 0 Å². The van der Waals surface area contributed by atoms with E-state index in [1.54, 1.807) is 23.2 Å². The van der Waals surface area contributed by atoms with Crippen LogP contribution in [0.4, 0.5) is 5.69 Å². The molecule has 3 heterocycles. The van der Waals surface area contributed by atoms with E-state index in [0.29, 0.717) is 36.2 Å². The highest BCUT2D eigenvalue weighted by atomic mass is 16.5. The van der Waals surface area contributed by atoms with Crippen LogP contribution in [0.3, 0.4) is 0 Å². The molecule has 21 heavy (non-hydrogen) atoms. The van der Waals surface area contributed by atoms with Gasteiger partial charge in [-0.15, -0.1) is 0 Å². The summed E-state index contributed by atoms with van der Waals surface area (Å²) in [4.78, 5) is 18.4. The first-order chi connectivity index (χ1) is 9.97. The first-order valence-corrected chi connectivity index (χ1v) is 6.84. The fourth-order valence-electron chi connectivity index (χ4n) is 2.13. The normalized spacial score (nSPS) is 14.5. The van der Waals surface area contributed by atoms with Crippen LogP contribution in [0.25, 0.3) is 0 Å². The van der Waals surface area contributed by atoms with Crippen molar-refractivity contribution in [1.29, 1.82) is 0 Å². The van der Waals surface area contributed by atoms with Crippen molar-refractivity contribution in [2.75, 3.05) is 18.1 Å². The molecule has 6 nitrogen and oxygen atoms in total. The number of hydrogen-bond acceptors (Lipinski definition) is 5. The Morgan fingerprint density at radius 2 is 2.19 bits per heavy atom. The van der Waals surface area contributed by atoms with Gasteiger partial charge in [-0.3, -0.25) is 9.69 Å². The number of amides is 1. The largest absolute Gasteiger partial charge is 0.474 e. The molecule has 0 radical (unpaired) electrons. The summed E-state index contributed by atoms with van der Waals surface area (Å²) in [6, 6.07) is 5.29. The van der Waals surface area contributed by atoms with Crippen molar-refractivity contribution in [3.8, 4) is 5.88 Å². The van der Waals surface area contributed by atoms with Crippen LogP contribution < -0.4 is 9.64 Å². The Labute approximate surface area is 122 Å². The van der Waals surface area contributed by atoms with Gasteiger partial charge in [-0.05, 0) is 12.1 Å². The smallest absolute Gasteiger partial charge is 0.280 e. The Bertz CT molecular complexity index is 673. The topological polar surface area (TPSA) is 68.5 Å². The van der Waals surface area contributed by atoms with Crippen molar-refractivity contribution in [2.45, 2.75) is 26.2 Å². The molecule has 0 fully saturated rings. The van der Waals surface area contributed by atoms with Crippen LogP contribution in [0.2, 0.25) is 0 Å². The maximum Gasteiger partial charge on any atom is 0.280 e. The second kappa shape index (κ2) is 4.87. The Morgan fingerprint density at radius 3 is 2.90 bits per heavy atom. The highest BCUT2D eigenvalue weighted by Gasteiger charge is 2.29. The summed E-state index contributed by atoms with van der Waals surface area (Å²) in [5.74, 6) is 0.953. The number of carbonyl (C=O) groups is 1. The van der Waals surface area contributed by atoms with Crippen LogP contribution in [-0.2, 0) is 5.41 Å². The number of rotatable bonds is 1. The lowest BCUT2D eigenvalue weighted by atomic mass is 9.93. The summed E-state index contributed by atoms with van der Waals surface area (Å²) < 4.78 is 10.7. The van der Waals surface area contributed by atoms with Crippen molar-refractivity contribution >= 4 is 11.6 Å². The minimum Gasteiger partial charge on any atom is -0.474 e. The fraction of sp³-hybridized carbons (Fsp3) is 0.400. The van der Waals surface area contributed by atoms with Crippen LogP contribution in [0.1, 0.15) is 37.0 Å². The minimum atomic E-state index is -0.202. The molecule has 6 heteroatoms. The van der Waals surface area contributed by atoms with Crippen molar-refractivity contribution in [3.63, 3.8) is 0 Å². The quantitative estimate of drug-likeness (QED) is 0.805. The Morgan fingerprint density at radius 1 is 1.38 bits per heavy atom. The Hall–Kier alpha value is -2.37. The summed E-state index contributed by atoms with van der Waals surface area (Å²) >= 11 is 0. The van der Waals surface area contributed by atoms with E-state index in [-0.39, 0.29) is 11.3 Å². The van der Waals surface area contributed by atoms with E-state index in [2.05, 4.69) is 10.1 Å². The number of ether oxygens (including phenoxy) is 1. The average Bonchev–Trinajstić information content (AvgIpc) is 2.96. The zero-order valence-electron chi connectivity index (χ0n) is 12.3. The lowest BCUT2D eigenvalue weighted by Gasteiger charge is -2.27. The van der Waals surface area contributed by atoms with E-state index in [4.69, 9.17) is 9.26 Å². The van der Waals surface area contributed by atoms with Crippen LogP contribution in [0.15, 0.2) is 28.9 Å². The van der Waals surface area contributed by atoms with Gasteiger partial charge in [0.25, 0.3) is 5.91 Å². The van der Waals surface area contributed by atoms with Crippen LogP contribution in [0, 0.1) is 0 Å². The predicted molar refractivity (Wildman–Crippen MR) is 76.6 cm³/mol. The molecule has 110 valence electrons. The van der Waals surface area contributed by atoms with Gasteiger partial charge in [-0.1, -0.05) is 25.9 Å². The molecule has 1 aliphatic rings. The molecule has 0 aliphatic carbocycles. The summed E-state index contributed by atoms with van der Waals surface area (Å²) in [6.45, 7) is 6.91. The standard InChI is InChI=1S/C15H17N3O3/c1-15(2,3)12-9-10(17-21-12)14(19)18-7-8-20-13-11(18)5-4-6-16-13/h4-6,9H,7-8H2,1-3H3. The van der Waals surface area contributed by atoms with E-state index >= 15 is 0 Å². The van der Waals surface area contributed by atoms with E-state index in [1.165, 1.54) is 0 Å². The first kappa shape index (κ1) is 13.6. The highest BCUT2D eigenvalue weighted by Crippen LogP contribution is 2.30. The van der Waals surface area contributed by atoms with Gasteiger partial charge in [0.1, 0.15) is 18.1 Å². The number of pyridine rings is 1. The molecule has 0 bridgehead atoms. The SMILES string of the molecule is CC(C)(C)c1cc(C(=O)N2CCOc3ncccc32)no1. The van der Waals surface area contributed by atoms with E-state index < -0.39 is 0 Å². The maximum absolute atomic E-state index is 12.6. The van der Waals surface area contributed by atoms with Crippen LogP contribution in [-0.4, -0.2) is 29.2 Å². The second-order valence-electron chi connectivity index (χ2n) is 5.96. The third-order valence-corrected chi connectivity index (χ3v) is 3.31. The molecular formula is C15H17N3O3. The Balaban J connectivity index is 1.92. The molecule has 2 aromatic heterocycles. The third-order valence-electron chi connectivity index (χ3n) is 3.31. The van der Waals surface area contributed by atoms with Gasteiger partial charge in [0, 0.05) is 17.7 Å². The summed E-state index contributed by atoms with van der Waals surface area (Å²) in [5, 5.41) is 3.90. The molecular weight excluding hydrogens is 270 g/mol. The maximum atomic E-state index is 12.6. The van der Waals surface area contributed by atoms with E-state index in [0.717, 1.165) is 0 Å². The van der Waals surface area contributed by atoms with E-state index in [1.807, 2.05) is 26.8 Å². The monoisotopic (exact) mass is 287 g/mol. The summed E-state index contributed by atoms with van der Waals surface area (Å²) in [7, 11) is 0. The number of hydrogen-bond donors (Lipinski definition) is 0. The molecule has 0 spiro atoms. The second-order valence-corrected chi connectivity index (χ2v) is 5.96. The van der Waals surface area contributed by atoms with Crippen molar-refractivity contribution in [3.05, 3.63) is 35.9 Å². The molecule has 0 unspecified atom stereocenters. The van der Waals surface area contributed by atoms with Gasteiger partial charge in [0.05, 0.1) is 6.54 Å². The molecule has 0 saturated heterocycles. The summed E-state index contributed by atoms with van der Waals surface area (Å²) in [6.07, 6.45) is 1.64. The van der Waals surface area contributed by atoms with Crippen molar-refractivity contribution in [2.24, 2.45) is 0 Å². The van der Waals surface area contributed by atoms with Gasteiger partial charge in [0.15, 0.2) is 5.69 Å². The fourth-order valence-corrected chi connectivity index (χ4v) is 2.13. The molecule has 0 atom stereocenters. The molecule has 1 aliphatic heterocycles. The van der Waals surface area contributed by atoms with Crippen LogP contribution >= 0.6 is 0 Å². The predicted octanol–water partition coefficient (Wildman–Crippen LogP) is 2.41. The van der Waals surface area contributed by atoms with Crippen molar-refractivity contribution < 1.29 is 14.1 Å². The lowest BCUT2D eigenvalue weighted by Crippen LogP contribution is -2.38. The number of fused-ring (bicyclic) bond motifs is 1. The van der Waals surface area contributed by atoms with Crippen molar-refractivity contribution in [1.82, 2.24) is 10.1 Å². The zero-order chi connectivity index (χ0) is 15.0. The Kier molecular flexibility index (Phi) is 3.16. The van der Waals surface area contributed by atoms with Gasteiger partial charge in [0.2, 0.25) is 5.88 Å².